The monoisotopic (exact) mass is 418 g/mol. The number of carbonyl (C=O) groups excluding carboxylic acids is 1. The molecule has 0 spiro atoms. The summed E-state index contributed by atoms with van der Waals surface area (Å²) in [5.41, 5.74) is 1.08. The molecule has 31 heavy (non-hydrogen) atoms. The average Bonchev–Trinajstić information content (AvgIpc) is 3.24. The predicted molar refractivity (Wildman–Crippen MR) is 116 cm³/mol. The van der Waals surface area contributed by atoms with Crippen LogP contribution in [-0.4, -0.2) is 29.6 Å². The lowest BCUT2D eigenvalue weighted by molar-refractivity contribution is -0.122. The van der Waals surface area contributed by atoms with Crippen LogP contribution in [0.15, 0.2) is 70.6 Å². The van der Waals surface area contributed by atoms with Gasteiger partial charge in [-0.1, -0.05) is 36.4 Å². The molecule has 9 nitrogen and oxygen atoms in total. The Morgan fingerprint density at radius 3 is 2.48 bits per heavy atom. The van der Waals surface area contributed by atoms with Crippen molar-refractivity contribution in [2.45, 2.75) is 33.1 Å². The van der Waals surface area contributed by atoms with E-state index in [9.17, 15) is 14.4 Å². The number of carbonyl (C=O) groups is 1. The number of aryl methyl sites for hydroxylation is 1. The van der Waals surface area contributed by atoms with Gasteiger partial charge >= 0.3 is 5.69 Å². The molecule has 4 rings (SSSR count). The Morgan fingerprint density at radius 1 is 1.00 bits per heavy atom. The lowest BCUT2D eigenvalue weighted by Gasteiger charge is -2.12. The lowest BCUT2D eigenvalue weighted by Crippen LogP contribution is -2.44. The third-order valence-corrected chi connectivity index (χ3v) is 5.00. The largest absolute Gasteiger partial charge is 0.349 e. The van der Waals surface area contributed by atoms with E-state index in [0.29, 0.717) is 23.4 Å². The fourth-order valence-corrected chi connectivity index (χ4v) is 3.42. The van der Waals surface area contributed by atoms with Crippen LogP contribution < -0.4 is 16.6 Å². The van der Waals surface area contributed by atoms with Crippen LogP contribution in [0.4, 0.5) is 0 Å². The van der Waals surface area contributed by atoms with Gasteiger partial charge in [0.15, 0.2) is 11.2 Å². The first kappa shape index (κ1) is 20.3. The molecule has 0 saturated carbocycles. The first-order valence-corrected chi connectivity index (χ1v) is 9.97. The predicted octanol–water partition coefficient (Wildman–Crippen LogP) is 1.14. The number of imidazole rings is 1. The zero-order valence-electron chi connectivity index (χ0n) is 17.1. The molecule has 0 radical (unpaired) electrons. The summed E-state index contributed by atoms with van der Waals surface area (Å²) in [6, 6.07) is 14.8. The van der Waals surface area contributed by atoms with Crippen molar-refractivity contribution in [2.75, 3.05) is 0 Å². The summed E-state index contributed by atoms with van der Waals surface area (Å²) in [7, 11) is 0. The Bertz CT molecular complexity index is 1320. The molecular weight excluding hydrogens is 396 g/mol. The van der Waals surface area contributed by atoms with Gasteiger partial charge in [0.2, 0.25) is 5.91 Å². The summed E-state index contributed by atoms with van der Waals surface area (Å²) in [5.74, 6) is -0.446. The van der Waals surface area contributed by atoms with Crippen molar-refractivity contribution < 1.29 is 4.79 Å². The average molecular weight is 418 g/mol. The maximum absolute atomic E-state index is 13.2. The van der Waals surface area contributed by atoms with Gasteiger partial charge in [-0.15, -0.1) is 0 Å². The number of pyridine rings is 1. The number of nitrogens with zero attached hydrogens (tertiary/aromatic N) is 5. The molecule has 3 aromatic heterocycles. The summed E-state index contributed by atoms with van der Waals surface area (Å²) >= 11 is 0. The van der Waals surface area contributed by atoms with E-state index in [1.165, 1.54) is 4.57 Å². The number of benzene rings is 1. The molecule has 0 aliphatic rings. The topological polar surface area (TPSA) is 104 Å². The number of hydrogen-bond donors (Lipinski definition) is 1. The number of nitrogens with one attached hydrogen (secondary N) is 1. The molecule has 0 fully saturated rings. The Kier molecular flexibility index (Phi) is 5.74. The van der Waals surface area contributed by atoms with Gasteiger partial charge in [-0.25, -0.2) is 14.3 Å². The van der Waals surface area contributed by atoms with E-state index in [1.807, 2.05) is 43.3 Å². The van der Waals surface area contributed by atoms with Crippen LogP contribution in [-0.2, 0) is 31.0 Å². The van der Waals surface area contributed by atoms with Crippen molar-refractivity contribution in [3.05, 3.63) is 93.2 Å². The van der Waals surface area contributed by atoms with E-state index < -0.39 is 17.2 Å². The minimum atomic E-state index is -0.573. The summed E-state index contributed by atoms with van der Waals surface area (Å²) in [6.45, 7) is 2.47. The zero-order valence-corrected chi connectivity index (χ0v) is 17.1. The molecular formula is C22H22N6O3. The van der Waals surface area contributed by atoms with E-state index in [0.717, 1.165) is 10.1 Å². The van der Waals surface area contributed by atoms with Crippen LogP contribution in [0.25, 0.3) is 11.2 Å². The Morgan fingerprint density at radius 2 is 1.77 bits per heavy atom. The molecule has 158 valence electrons. The SMILES string of the molecule is CCn1cnc2c1c(=O)n(CC(=O)NCc1ccccn1)c(=O)n2Cc1ccccc1. The van der Waals surface area contributed by atoms with Crippen LogP contribution in [0.2, 0.25) is 0 Å². The molecule has 0 bridgehead atoms. The standard InChI is InChI=1S/C22H22N6O3/c1-2-26-15-25-20-19(26)21(30)28(14-18(29)24-12-17-10-6-7-11-23-17)22(31)27(20)13-16-8-4-3-5-9-16/h3-11,15H,2,12-14H2,1H3,(H,24,29). The summed E-state index contributed by atoms with van der Waals surface area (Å²) in [4.78, 5) is 47.3. The van der Waals surface area contributed by atoms with Crippen LogP contribution in [0, 0.1) is 0 Å². The molecule has 0 aliphatic carbocycles. The highest BCUT2D eigenvalue weighted by Crippen LogP contribution is 2.09. The molecule has 1 amide bonds. The highest BCUT2D eigenvalue weighted by Gasteiger charge is 2.19. The van der Waals surface area contributed by atoms with Crippen molar-refractivity contribution in [1.82, 2.24) is 29.0 Å². The molecule has 9 heteroatoms. The van der Waals surface area contributed by atoms with Crippen molar-refractivity contribution >= 4 is 17.1 Å². The van der Waals surface area contributed by atoms with Crippen molar-refractivity contribution in [3.8, 4) is 0 Å². The normalized spacial score (nSPS) is 11.0. The second kappa shape index (κ2) is 8.78. The van der Waals surface area contributed by atoms with Crippen molar-refractivity contribution in [2.24, 2.45) is 0 Å². The van der Waals surface area contributed by atoms with E-state index in [-0.39, 0.29) is 19.6 Å². The Hall–Kier alpha value is -4.01. The van der Waals surface area contributed by atoms with E-state index in [4.69, 9.17) is 0 Å². The Labute approximate surface area is 177 Å². The second-order valence-corrected chi connectivity index (χ2v) is 7.05. The Balaban J connectivity index is 1.71. The summed E-state index contributed by atoms with van der Waals surface area (Å²) < 4.78 is 4.08. The van der Waals surface area contributed by atoms with Crippen molar-refractivity contribution in [1.29, 1.82) is 0 Å². The molecule has 4 aromatic rings. The second-order valence-electron chi connectivity index (χ2n) is 7.05. The number of amides is 1. The van der Waals surface area contributed by atoms with Crippen LogP contribution >= 0.6 is 0 Å². The molecule has 0 aliphatic heterocycles. The molecule has 0 unspecified atom stereocenters. The fourth-order valence-electron chi connectivity index (χ4n) is 3.42. The minimum Gasteiger partial charge on any atom is -0.349 e. The third-order valence-electron chi connectivity index (χ3n) is 5.00. The van der Waals surface area contributed by atoms with Crippen molar-refractivity contribution in [3.63, 3.8) is 0 Å². The number of fused-ring (bicyclic) bond motifs is 1. The highest BCUT2D eigenvalue weighted by atomic mass is 16.2. The maximum Gasteiger partial charge on any atom is 0.333 e. The summed E-state index contributed by atoms with van der Waals surface area (Å²) in [5, 5.41) is 2.71. The van der Waals surface area contributed by atoms with Gasteiger partial charge in [-0.3, -0.25) is 19.1 Å². The highest BCUT2D eigenvalue weighted by molar-refractivity contribution is 5.76. The van der Waals surface area contributed by atoms with Gasteiger partial charge in [-0.2, -0.15) is 0 Å². The molecule has 0 saturated heterocycles. The van der Waals surface area contributed by atoms with E-state index in [2.05, 4.69) is 15.3 Å². The number of hydrogen-bond acceptors (Lipinski definition) is 5. The molecule has 1 N–H and O–H groups in total. The number of aromatic nitrogens is 5. The van der Waals surface area contributed by atoms with Crippen LogP contribution in [0.1, 0.15) is 18.2 Å². The van der Waals surface area contributed by atoms with Gasteiger partial charge in [0.1, 0.15) is 6.54 Å². The van der Waals surface area contributed by atoms with Gasteiger partial charge in [0.25, 0.3) is 5.56 Å². The minimum absolute atomic E-state index is 0.210. The zero-order chi connectivity index (χ0) is 21.8. The van der Waals surface area contributed by atoms with Gasteiger partial charge in [-0.05, 0) is 24.6 Å². The smallest absolute Gasteiger partial charge is 0.333 e. The fraction of sp³-hybridized carbons (Fsp3) is 0.227. The summed E-state index contributed by atoms with van der Waals surface area (Å²) in [6.07, 6.45) is 3.17. The van der Waals surface area contributed by atoms with E-state index in [1.54, 1.807) is 29.2 Å². The quantitative estimate of drug-likeness (QED) is 0.485. The van der Waals surface area contributed by atoms with Gasteiger partial charge in [0.05, 0.1) is 25.1 Å². The van der Waals surface area contributed by atoms with Crippen LogP contribution in [0.5, 0.6) is 0 Å². The molecule has 0 atom stereocenters. The first-order valence-electron chi connectivity index (χ1n) is 9.97. The first-order chi connectivity index (χ1) is 15.1. The molecule has 3 heterocycles. The van der Waals surface area contributed by atoms with E-state index >= 15 is 0 Å². The van der Waals surface area contributed by atoms with Gasteiger partial charge in [0, 0.05) is 12.7 Å². The van der Waals surface area contributed by atoms with Gasteiger partial charge < -0.3 is 9.88 Å². The maximum atomic E-state index is 13.2. The third kappa shape index (κ3) is 4.16. The number of rotatable bonds is 7. The van der Waals surface area contributed by atoms with Crippen LogP contribution in [0.3, 0.4) is 0 Å². The lowest BCUT2D eigenvalue weighted by atomic mass is 10.2. The molecule has 1 aromatic carbocycles.